The third kappa shape index (κ3) is 6.30. The van der Waals surface area contributed by atoms with Crippen molar-refractivity contribution in [2.45, 2.75) is 19.1 Å². The molecule has 0 aliphatic carbocycles. The summed E-state index contributed by atoms with van der Waals surface area (Å²) in [7, 11) is 1.94. The number of primary amides is 1. The number of Topliss-reactive ketones (excluding diaryl/α,β-unsaturated/α-hetero) is 1. The van der Waals surface area contributed by atoms with E-state index < -0.39 is 23.4 Å². The van der Waals surface area contributed by atoms with Crippen molar-refractivity contribution in [3.05, 3.63) is 94.8 Å². The number of nitrogens with one attached hydrogen (secondary N) is 1. The van der Waals surface area contributed by atoms with Crippen LogP contribution in [0.25, 0.3) is 10.9 Å². The van der Waals surface area contributed by atoms with Gasteiger partial charge in [-0.2, -0.15) is 13.2 Å². The quantitative estimate of drug-likeness (QED) is 0.304. The Morgan fingerprint density at radius 3 is 2.41 bits per heavy atom. The van der Waals surface area contributed by atoms with Gasteiger partial charge in [-0.1, -0.05) is 30.3 Å². The summed E-state index contributed by atoms with van der Waals surface area (Å²) in [5, 5.41) is 3.86. The van der Waals surface area contributed by atoms with Gasteiger partial charge in [0.15, 0.2) is 5.78 Å². The van der Waals surface area contributed by atoms with Crippen LogP contribution in [0.2, 0.25) is 0 Å². The largest absolute Gasteiger partial charge is 0.418 e. The number of rotatable bonds is 8. The second-order valence-corrected chi connectivity index (χ2v) is 10.1. The number of amides is 1. The smallest absolute Gasteiger partial charge is 0.368 e. The average molecular weight is 563 g/mol. The number of halogens is 3. The first kappa shape index (κ1) is 28.0. The van der Waals surface area contributed by atoms with Gasteiger partial charge in [-0.15, -0.1) is 0 Å². The molecule has 5 rings (SSSR count). The number of nitrogens with zero attached hydrogens (tertiary/aromatic N) is 4. The van der Waals surface area contributed by atoms with E-state index in [4.69, 9.17) is 5.73 Å². The van der Waals surface area contributed by atoms with Crippen LogP contribution in [0, 0.1) is 0 Å². The Kier molecular flexibility index (Phi) is 7.89. The normalized spacial score (nSPS) is 14.3. The minimum atomic E-state index is -4.58. The molecule has 3 aromatic carbocycles. The van der Waals surface area contributed by atoms with E-state index in [-0.39, 0.29) is 17.7 Å². The van der Waals surface area contributed by atoms with Crippen molar-refractivity contribution in [1.82, 2.24) is 14.9 Å². The van der Waals surface area contributed by atoms with Crippen molar-refractivity contribution in [2.75, 3.05) is 43.4 Å². The number of likely N-dealkylation sites (N-methyl/N-ethyl adjacent to an activating group) is 1. The Labute approximate surface area is 235 Å². The maximum absolute atomic E-state index is 14.0. The lowest BCUT2D eigenvalue weighted by Gasteiger charge is -2.35. The van der Waals surface area contributed by atoms with Gasteiger partial charge in [0.1, 0.15) is 12.1 Å². The predicted octanol–water partition coefficient (Wildman–Crippen LogP) is 4.54. The molecule has 0 bridgehead atoms. The van der Waals surface area contributed by atoms with E-state index >= 15 is 0 Å². The van der Waals surface area contributed by atoms with E-state index in [0.717, 1.165) is 11.6 Å². The SMILES string of the molecule is CN1CCN(c2ccc(C(=O)Cc3cccc(CNc4ncnc5c(C(N)=O)cccc45)c3)cc2C(F)(F)F)CC1. The van der Waals surface area contributed by atoms with Gasteiger partial charge in [0.2, 0.25) is 0 Å². The number of aromatic nitrogens is 2. The maximum atomic E-state index is 14.0. The number of hydrogen-bond donors (Lipinski definition) is 2. The molecule has 3 N–H and O–H groups in total. The number of para-hydroxylation sites is 1. The molecule has 4 aromatic rings. The molecule has 212 valence electrons. The van der Waals surface area contributed by atoms with Crippen LogP contribution < -0.4 is 16.0 Å². The summed E-state index contributed by atoms with van der Waals surface area (Å²) in [5.74, 6) is -0.472. The molecular formula is C30H29F3N6O2. The molecule has 1 fully saturated rings. The molecule has 0 radical (unpaired) electrons. The minimum absolute atomic E-state index is 0.0245. The molecule has 2 heterocycles. The van der Waals surface area contributed by atoms with Crippen LogP contribution in [0.1, 0.15) is 37.4 Å². The van der Waals surface area contributed by atoms with Crippen molar-refractivity contribution >= 4 is 34.1 Å². The molecule has 0 spiro atoms. The standard InChI is InChI=1S/C30H29F3N6O2/c1-38-10-12-39(13-11-38)25-9-8-21(16-24(25)30(31,32)33)26(40)15-19-4-2-5-20(14-19)17-35-29-23-7-3-6-22(28(34)41)27(23)36-18-37-29/h2-9,14,16,18H,10-13,15,17H2,1H3,(H2,34,41)(H,35,36,37). The molecule has 11 heteroatoms. The lowest BCUT2D eigenvalue weighted by molar-refractivity contribution is -0.137. The molecule has 41 heavy (non-hydrogen) atoms. The fourth-order valence-corrected chi connectivity index (χ4v) is 5.01. The van der Waals surface area contributed by atoms with Crippen LogP contribution in [0.15, 0.2) is 67.0 Å². The Balaban J connectivity index is 1.31. The van der Waals surface area contributed by atoms with Crippen molar-refractivity contribution < 1.29 is 22.8 Å². The third-order valence-electron chi connectivity index (χ3n) is 7.21. The third-order valence-corrected chi connectivity index (χ3v) is 7.21. The first-order chi connectivity index (χ1) is 19.6. The van der Waals surface area contributed by atoms with Crippen LogP contribution in [-0.2, 0) is 19.1 Å². The zero-order valence-electron chi connectivity index (χ0n) is 22.4. The van der Waals surface area contributed by atoms with Gasteiger partial charge < -0.3 is 20.9 Å². The molecule has 1 aliphatic rings. The summed E-state index contributed by atoms with van der Waals surface area (Å²) in [6, 6.07) is 16.2. The molecule has 1 amide bonds. The number of carbonyl (C=O) groups is 2. The number of ketones is 1. The predicted molar refractivity (Wildman–Crippen MR) is 151 cm³/mol. The van der Waals surface area contributed by atoms with Crippen LogP contribution in [0.4, 0.5) is 24.7 Å². The Bertz CT molecular complexity index is 1600. The van der Waals surface area contributed by atoms with E-state index in [1.54, 1.807) is 35.2 Å². The lowest BCUT2D eigenvalue weighted by Crippen LogP contribution is -2.45. The molecule has 8 nitrogen and oxygen atoms in total. The Hall–Kier alpha value is -4.51. The molecule has 1 saturated heterocycles. The van der Waals surface area contributed by atoms with E-state index in [0.29, 0.717) is 60.6 Å². The highest BCUT2D eigenvalue weighted by atomic mass is 19.4. The highest BCUT2D eigenvalue weighted by Gasteiger charge is 2.36. The van der Waals surface area contributed by atoms with Gasteiger partial charge >= 0.3 is 6.18 Å². The molecule has 0 unspecified atom stereocenters. The molecule has 1 aliphatic heterocycles. The molecule has 0 atom stereocenters. The monoisotopic (exact) mass is 562 g/mol. The fraction of sp³-hybridized carbons (Fsp3) is 0.267. The van der Waals surface area contributed by atoms with Crippen molar-refractivity contribution in [3.63, 3.8) is 0 Å². The van der Waals surface area contributed by atoms with Gasteiger partial charge in [-0.3, -0.25) is 9.59 Å². The Morgan fingerprint density at radius 2 is 1.68 bits per heavy atom. The zero-order valence-corrected chi connectivity index (χ0v) is 22.4. The van der Waals surface area contributed by atoms with Crippen LogP contribution in [-0.4, -0.2) is 59.8 Å². The van der Waals surface area contributed by atoms with Crippen molar-refractivity contribution in [3.8, 4) is 0 Å². The number of nitrogens with two attached hydrogens (primary N) is 1. The lowest BCUT2D eigenvalue weighted by atomic mass is 9.98. The van der Waals surface area contributed by atoms with E-state index in [1.165, 1.54) is 18.5 Å². The molecule has 0 saturated carbocycles. The van der Waals surface area contributed by atoms with Crippen molar-refractivity contribution in [2.24, 2.45) is 5.73 Å². The summed E-state index contributed by atoms with van der Waals surface area (Å²) in [6.07, 6.45) is -3.28. The van der Waals surface area contributed by atoms with E-state index in [1.807, 2.05) is 19.2 Å². The first-order valence-electron chi connectivity index (χ1n) is 13.1. The number of fused-ring (bicyclic) bond motifs is 1. The zero-order chi connectivity index (χ0) is 29.1. The van der Waals surface area contributed by atoms with Crippen molar-refractivity contribution in [1.29, 1.82) is 0 Å². The topological polar surface area (TPSA) is 104 Å². The minimum Gasteiger partial charge on any atom is -0.368 e. The van der Waals surface area contributed by atoms with Gasteiger partial charge in [0.05, 0.1) is 16.6 Å². The summed E-state index contributed by atoms with van der Waals surface area (Å²) < 4.78 is 42.0. The number of anilines is 2. The number of piperazine rings is 1. The summed E-state index contributed by atoms with van der Waals surface area (Å²) >= 11 is 0. The number of carbonyl (C=O) groups excluding carboxylic acids is 2. The van der Waals surface area contributed by atoms with Crippen LogP contribution in [0.5, 0.6) is 0 Å². The summed E-state index contributed by atoms with van der Waals surface area (Å²) in [5.41, 5.74) is 7.05. The Morgan fingerprint density at radius 1 is 0.951 bits per heavy atom. The average Bonchev–Trinajstić information content (AvgIpc) is 2.95. The highest BCUT2D eigenvalue weighted by molar-refractivity contribution is 6.06. The fourth-order valence-electron chi connectivity index (χ4n) is 5.01. The second-order valence-electron chi connectivity index (χ2n) is 10.1. The highest BCUT2D eigenvalue weighted by Crippen LogP contribution is 2.38. The summed E-state index contributed by atoms with van der Waals surface area (Å²) in [4.78, 5) is 37.1. The number of hydrogen-bond acceptors (Lipinski definition) is 7. The number of alkyl halides is 3. The number of benzene rings is 3. The van der Waals surface area contributed by atoms with E-state index in [9.17, 15) is 22.8 Å². The second kappa shape index (κ2) is 11.5. The van der Waals surface area contributed by atoms with Gasteiger partial charge in [-0.25, -0.2) is 9.97 Å². The van der Waals surface area contributed by atoms with Crippen LogP contribution >= 0.6 is 0 Å². The van der Waals surface area contributed by atoms with Gasteiger partial charge in [0.25, 0.3) is 5.91 Å². The van der Waals surface area contributed by atoms with Crippen LogP contribution in [0.3, 0.4) is 0 Å². The summed E-state index contributed by atoms with van der Waals surface area (Å²) in [6.45, 7) is 2.68. The van der Waals surface area contributed by atoms with Gasteiger partial charge in [-0.05, 0) is 48.5 Å². The molecule has 1 aromatic heterocycles. The first-order valence-corrected chi connectivity index (χ1v) is 13.1. The van der Waals surface area contributed by atoms with E-state index in [2.05, 4.69) is 20.2 Å². The molecular weight excluding hydrogens is 533 g/mol. The maximum Gasteiger partial charge on any atom is 0.418 e. The van der Waals surface area contributed by atoms with Gasteiger partial charge in [0, 0.05) is 55.8 Å².